The number of hydrogen-bond acceptors (Lipinski definition) is 2. The highest BCUT2D eigenvalue weighted by Gasteiger charge is 2.21. The average molecular weight is 495 g/mol. The van der Waals surface area contributed by atoms with Gasteiger partial charge in [-0.05, 0) is 61.0 Å². The second-order valence-electron chi connectivity index (χ2n) is 8.27. The molecule has 0 spiro atoms. The minimum absolute atomic E-state index is 0.789. The summed E-state index contributed by atoms with van der Waals surface area (Å²) in [6, 6.07) is 23.5. The van der Waals surface area contributed by atoms with Gasteiger partial charge >= 0.3 is 0 Å². The van der Waals surface area contributed by atoms with Crippen LogP contribution >= 0.6 is 27.5 Å². The molecular weight excluding hydrogens is 470 g/mol. The fourth-order valence-corrected chi connectivity index (χ4v) is 4.86. The molecule has 5 heteroatoms. The van der Waals surface area contributed by atoms with Gasteiger partial charge in [0.15, 0.2) is 0 Å². The molecule has 3 nitrogen and oxygen atoms in total. The minimum Gasteiger partial charge on any atom is -0.369 e. The van der Waals surface area contributed by atoms with E-state index in [2.05, 4.69) is 92.2 Å². The summed E-state index contributed by atoms with van der Waals surface area (Å²) in [5.41, 5.74) is 7.62. The Kier molecular flexibility index (Phi) is 5.79. The summed E-state index contributed by atoms with van der Waals surface area (Å²) in [5, 5.41) is 2.09. The van der Waals surface area contributed by atoms with Gasteiger partial charge < -0.3 is 9.88 Å². The van der Waals surface area contributed by atoms with Crippen molar-refractivity contribution in [3.8, 4) is 11.1 Å². The van der Waals surface area contributed by atoms with Crippen molar-refractivity contribution in [3.63, 3.8) is 0 Å². The zero-order valence-corrected chi connectivity index (χ0v) is 19.9. The predicted molar refractivity (Wildman–Crippen MR) is 135 cm³/mol. The molecular formula is C26H25BrClN3. The molecule has 1 N–H and O–H groups in total. The Hall–Kier alpha value is -2.27. The Morgan fingerprint density at radius 2 is 1.61 bits per heavy atom. The van der Waals surface area contributed by atoms with Gasteiger partial charge in [0.05, 0.1) is 0 Å². The van der Waals surface area contributed by atoms with Gasteiger partial charge in [-0.1, -0.05) is 51.3 Å². The first-order valence-electron chi connectivity index (χ1n) is 10.7. The van der Waals surface area contributed by atoms with Crippen molar-refractivity contribution in [1.82, 2.24) is 9.88 Å². The van der Waals surface area contributed by atoms with E-state index < -0.39 is 0 Å². The molecule has 0 bridgehead atoms. The molecule has 1 aromatic heterocycles. The molecule has 1 saturated heterocycles. The number of hydrogen-bond donors (Lipinski definition) is 1. The lowest BCUT2D eigenvalue weighted by atomic mass is 10.0. The van der Waals surface area contributed by atoms with Crippen molar-refractivity contribution in [2.75, 3.05) is 31.1 Å². The summed E-state index contributed by atoms with van der Waals surface area (Å²) in [6.07, 6.45) is 0. The summed E-state index contributed by atoms with van der Waals surface area (Å²) in [5.74, 6) is 0. The maximum Gasteiger partial charge on any atom is 0.0463 e. The normalized spacial score (nSPS) is 15.0. The highest BCUT2D eigenvalue weighted by molar-refractivity contribution is 9.10. The van der Waals surface area contributed by atoms with Gasteiger partial charge in [-0.15, -0.1) is 0 Å². The van der Waals surface area contributed by atoms with Crippen molar-refractivity contribution in [1.29, 1.82) is 0 Å². The van der Waals surface area contributed by atoms with Crippen molar-refractivity contribution in [2.24, 2.45) is 0 Å². The number of anilines is 1. The fraction of sp³-hybridized carbons (Fsp3) is 0.231. The van der Waals surface area contributed by atoms with Crippen molar-refractivity contribution >= 4 is 44.1 Å². The number of fused-ring (bicyclic) bond motifs is 1. The zero-order chi connectivity index (χ0) is 21.4. The number of piperazine rings is 1. The molecule has 0 saturated carbocycles. The first-order chi connectivity index (χ1) is 15.1. The third-order valence-corrected chi connectivity index (χ3v) is 6.89. The topological polar surface area (TPSA) is 22.3 Å². The van der Waals surface area contributed by atoms with Crippen LogP contribution in [0.3, 0.4) is 0 Å². The van der Waals surface area contributed by atoms with E-state index in [-0.39, 0.29) is 0 Å². The second kappa shape index (κ2) is 8.70. The highest BCUT2D eigenvalue weighted by atomic mass is 79.9. The lowest BCUT2D eigenvalue weighted by Gasteiger charge is -2.36. The fourth-order valence-electron chi connectivity index (χ4n) is 4.47. The first-order valence-corrected chi connectivity index (χ1v) is 11.8. The van der Waals surface area contributed by atoms with Crippen LogP contribution < -0.4 is 4.90 Å². The smallest absolute Gasteiger partial charge is 0.0463 e. The van der Waals surface area contributed by atoms with Crippen LogP contribution in [0.2, 0.25) is 5.02 Å². The molecule has 31 heavy (non-hydrogen) atoms. The van der Waals surface area contributed by atoms with Crippen molar-refractivity contribution < 1.29 is 0 Å². The molecule has 0 atom stereocenters. The van der Waals surface area contributed by atoms with E-state index in [1.165, 1.54) is 39.0 Å². The number of halogens is 2. The molecule has 158 valence electrons. The summed E-state index contributed by atoms with van der Waals surface area (Å²) in [6.45, 7) is 7.21. The molecule has 1 aliphatic heterocycles. The number of benzene rings is 3. The largest absolute Gasteiger partial charge is 0.369 e. The minimum atomic E-state index is 0.789. The summed E-state index contributed by atoms with van der Waals surface area (Å²) < 4.78 is 1.10. The Morgan fingerprint density at radius 1 is 0.903 bits per heavy atom. The number of nitrogens with zero attached hydrogens (tertiary/aromatic N) is 2. The Balaban J connectivity index is 1.40. The van der Waals surface area contributed by atoms with E-state index in [1.807, 2.05) is 12.1 Å². The van der Waals surface area contributed by atoms with Gasteiger partial charge in [0.25, 0.3) is 0 Å². The van der Waals surface area contributed by atoms with Gasteiger partial charge in [0.1, 0.15) is 0 Å². The van der Waals surface area contributed by atoms with E-state index in [4.69, 9.17) is 11.6 Å². The van der Waals surface area contributed by atoms with Gasteiger partial charge in [0, 0.05) is 70.1 Å². The molecule has 2 heterocycles. The Labute approximate surface area is 196 Å². The summed E-state index contributed by atoms with van der Waals surface area (Å²) >= 11 is 9.62. The third-order valence-electron chi connectivity index (χ3n) is 6.11. The lowest BCUT2D eigenvalue weighted by molar-refractivity contribution is 0.248. The van der Waals surface area contributed by atoms with Crippen LogP contribution in [-0.2, 0) is 6.54 Å². The third kappa shape index (κ3) is 4.38. The molecule has 0 amide bonds. The van der Waals surface area contributed by atoms with Gasteiger partial charge in [-0.2, -0.15) is 0 Å². The van der Waals surface area contributed by atoms with Crippen LogP contribution in [-0.4, -0.2) is 36.1 Å². The van der Waals surface area contributed by atoms with E-state index in [0.29, 0.717) is 0 Å². The van der Waals surface area contributed by atoms with Crippen molar-refractivity contribution in [2.45, 2.75) is 13.5 Å². The monoisotopic (exact) mass is 493 g/mol. The summed E-state index contributed by atoms with van der Waals surface area (Å²) in [7, 11) is 0. The van der Waals surface area contributed by atoms with Crippen molar-refractivity contribution in [3.05, 3.63) is 87.5 Å². The molecule has 1 fully saturated rings. The van der Waals surface area contributed by atoms with Crippen LogP contribution in [0.25, 0.3) is 22.0 Å². The maximum atomic E-state index is 6.05. The maximum absolute atomic E-state index is 6.05. The van der Waals surface area contributed by atoms with E-state index >= 15 is 0 Å². The highest BCUT2D eigenvalue weighted by Crippen LogP contribution is 2.34. The Morgan fingerprint density at radius 3 is 2.32 bits per heavy atom. The van der Waals surface area contributed by atoms with Crippen LogP contribution in [0.15, 0.2) is 71.2 Å². The molecule has 3 aromatic carbocycles. The van der Waals surface area contributed by atoms with E-state index in [0.717, 1.165) is 42.2 Å². The molecule has 0 unspecified atom stereocenters. The molecule has 5 rings (SSSR count). The van der Waals surface area contributed by atoms with Crippen LogP contribution in [0, 0.1) is 6.92 Å². The van der Waals surface area contributed by atoms with Crippen LogP contribution in [0.4, 0.5) is 5.69 Å². The first kappa shape index (κ1) is 20.6. The second-order valence-corrected chi connectivity index (χ2v) is 9.63. The van der Waals surface area contributed by atoms with E-state index in [9.17, 15) is 0 Å². The number of H-pyrrole nitrogens is 1. The van der Waals surface area contributed by atoms with Gasteiger partial charge in [0.2, 0.25) is 0 Å². The number of nitrogens with one attached hydrogen (secondary N) is 1. The quantitative estimate of drug-likeness (QED) is 0.334. The molecule has 4 aromatic rings. The Bertz CT molecular complexity index is 1190. The summed E-state index contributed by atoms with van der Waals surface area (Å²) in [4.78, 5) is 8.71. The van der Waals surface area contributed by atoms with Gasteiger partial charge in [-0.25, -0.2) is 0 Å². The zero-order valence-electron chi connectivity index (χ0n) is 17.5. The number of rotatable bonds is 4. The number of aromatic amines is 1. The van der Waals surface area contributed by atoms with Gasteiger partial charge in [-0.3, -0.25) is 4.90 Å². The van der Waals surface area contributed by atoms with Crippen LogP contribution in [0.1, 0.15) is 11.3 Å². The van der Waals surface area contributed by atoms with Crippen LogP contribution in [0.5, 0.6) is 0 Å². The number of aromatic nitrogens is 1. The standard InChI is InChI=1S/C26H25BrClN3/c1-18-2-11-24-23(16-18)26(19-3-5-20(27)6-4-19)25(29-24)17-30-12-14-31(15-13-30)22-9-7-21(28)8-10-22/h2-11,16,29H,12-15,17H2,1H3. The number of aryl methyl sites for hydroxylation is 1. The predicted octanol–water partition coefficient (Wildman–Crippen LogP) is 6.88. The SMILES string of the molecule is Cc1ccc2[nH]c(CN3CCN(c4ccc(Cl)cc4)CC3)c(-c3ccc(Br)cc3)c2c1. The molecule has 0 aliphatic carbocycles. The lowest BCUT2D eigenvalue weighted by Crippen LogP contribution is -2.46. The molecule has 1 aliphatic rings. The average Bonchev–Trinajstić information content (AvgIpc) is 3.12. The molecule has 0 radical (unpaired) electrons. The van der Waals surface area contributed by atoms with E-state index in [1.54, 1.807) is 0 Å².